The average molecular weight is 263 g/mol. The first-order valence-electron chi connectivity index (χ1n) is 7.20. The van der Waals surface area contributed by atoms with Gasteiger partial charge in [0.05, 0.1) is 7.11 Å². The van der Waals surface area contributed by atoms with Crippen LogP contribution in [-0.4, -0.2) is 37.7 Å². The molecule has 0 radical (unpaired) electrons. The molecule has 1 aromatic carbocycles. The third kappa shape index (κ3) is 4.13. The summed E-state index contributed by atoms with van der Waals surface area (Å²) in [7, 11) is 1.68. The molecule has 106 valence electrons. The Bertz CT molecular complexity index is 369. The van der Waals surface area contributed by atoms with Crippen molar-refractivity contribution in [3.05, 3.63) is 24.3 Å². The fraction of sp³-hybridized carbons (Fsp3) is 0.625. The maximum atomic E-state index is 5.85. The number of methoxy groups -OCH3 is 1. The van der Waals surface area contributed by atoms with E-state index in [1.807, 2.05) is 24.3 Å². The van der Waals surface area contributed by atoms with Crippen LogP contribution in [0.3, 0.4) is 0 Å². The van der Waals surface area contributed by atoms with Gasteiger partial charge in [0.25, 0.3) is 0 Å². The molecule has 0 aliphatic carbocycles. The second-order valence-electron chi connectivity index (χ2n) is 5.55. The van der Waals surface area contributed by atoms with Gasteiger partial charge in [0.1, 0.15) is 18.1 Å². The highest BCUT2D eigenvalue weighted by atomic mass is 16.5. The molecule has 2 rings (SSSR count). The summed E-state index contributed by atoms with van der Waals surface area (Å²) in [5.74, 6) is 2.66. The molecule has 1 heterocycles. The van der Waals surface area contributed by atoms with Crippen LogP contribution < -0.4 is 9.47 Å². The summed E-state index contributed by atoms with van der Waals surface area (Å²) in [5.41, 5.74) is 0. The molecule has 1 aromatic rings. The third-order valence-corrected chi connectivity index (χ3v) is 3.99. The van der Waals surface area contributed by atoms with Gasteiger partial charge in [-0.15, -0.1) is 0 Å². The van der Waals surface area contributed by atoms with Crippen LogP contribution in [0.15, 0.2) is 24.3 Å². The van der Waals surface area contributed by atoms with E-state index in [0.29, 0.717) is 6.04 Å². The largest absolute Gasteiger partial charge is 0.497 e. The summed E-state index contributed by atoms with van der Waals surface area (Å²) in [4.78, 5) is 2.53. The van der Waals surface area contributed by atoms with Gasteiger partial charge in [0, 0.05) is 6.04 Å². The topological polar surface area (TPSA) is 21.7 Å². The summed E-state index contributed by atoms with van der Waals surface area (Å²) in [6, 6.07) is 8.27. The van der Waals surface area contributed by atoms with Gasteiger partial charge in [-0.1, -0.05) is 6.92 Å². The number of hydrogen-bond acceptors (Lipinski definition) is 3. The van der Waals surface area contributed by atoms with Crippen LogP contribution in [0.5, 0.6) is 11.5 Å². The molecule has 0 N–H and O–H groups in total. The summed E-state index contributed by atoms with van der Waals surface area (Å²) in [6.45, 7) is 7.75. The van der Waals surface area contributed by atoms with Crippen LogP contribution in [-0.2, 0) is 0 Å². The Labute approximate surface area is 116 Å². The van der Waals surface area contributed by atoms with Crippen molar-refractivity contribution in [1.29, 1.82) is 0 Å². The maximum absolute atomic E-state index is 5.85. The quantitative estimate of drug-likeness (QED) is 0.814. The zero-order valence-electron chi connectivity index (χ0n) is 12.3. The molecule has 0 bridgehead atoms. The van der Waals surface area contributed by atoms with Gasteiger partial charge >= 0.3 is 0 Å². The van der Waals surface area contributed by atoms with Gasteiger partial charge in [-0.2, -0.15) is 0 Å². The lowest BCUT2D eigenvalue weighted by Crippen LogP contribution is -2.42. The monoisotopic (exact) mass is 263 g/mol. The standard InChI is InChI=1S/C16H25NO2/c1-13-8-10-17(11-9-13)14(2)12-19-16-6-4-15(18-3)5-7-16/h4-7,13-14H,8-12H2,1-3H3/t14-/m0/s1. The molecule has 19 heavy (non-hydrogen) atoms. The van der Waals surface area contributed by atoms with Crippen molar-refractivity contribution in [1.82, 2.24) is 4.90 Å². The predicted octanol–water partition coefficient (Wildman–Crippen LogP) is 3.19. The van der Waals surface area contributed by atoms with E-state index in [4.69, 9.17) is 9.47 Å². The van der Waals surface area contributed by atoms with Crippen molar-refractivity contribution >= 4 is 0 Å². The molecular weight excluding hydrogens is 238 g/mol. The Hall–Kier alpha value is -1.22. The minimum absolute atomic E-state index is 0.481. The van der Waals surface area contributed by atoms with Gasteiger partial charge in [-0.3, -0.25) is 4.90 Å². The Morgan fingerprint density at radius 1 is 1.16 bits per heavy atom. The van der Waals surface area contributed by atoms with Gasteiger partial charge < -0.3 is 9.47 Å². The average Bonchev–Trinajstić information content (AvgIpc) is 2.46. The Morgan fingerprint density at radius 3 is 2.32 bits per heavy atom. The molecule has 0 saturated carbocycles. The van der Waals surface area contributed by atoms with E-state index < -0.39 is 0 Å². The van der Waals surface area contributed by atoms with Crippen LogP contribution in [0.4, 0.5) is 0 Å². The SMILES string of the molecule is COc1ccc(OC[C@H](C)N2CCC(C)CC2)cc1. The highest BCUT2D eigenvalue weighted by Gasteiger charge is 2.20. The van der Waals surface area contributed by atoms with Crippen LogP contribution >= 0.6 is 0 Å². The first-order valence-corrected chi connectivity index (χ1v) is 7.20. The Balaban J connectivity index is 1.77. The molecule has 1 saturated heterocycles. The molecule has 0 amide bonds. The van der Waals surface area contributed by atoms with Crippen molar-refractivity contribution in [2.75, 3.05) is 26.8 Å². The lowest BCUT2D eigenvalue weighted by atomic mass is 9.98. The number of hydrogen-bond donors (Lipinski definition) is 0. The zero-order chi connectivity index (χ0) is 13.7. The molecule has 1 aliphatic heterocycles. The minimum Gasteiger partial charge on any atom is -0.497 e. The molecule has 3 heteroatoms. The van der Waals surface area contributed by atoms with Crippen molar-refractivity contribution in [2.45, 2.75) is 32.7 Å². The van der Waals surface area contributed by atoms with Gasteiger partial charge in [0.15, 0.2) is 0 Å². The number of ether oxygens (including phenoxy) is 2. The number of rotatable bonds is 5. The van der Waals surface area contributed by atoms with E-state index in [9.17, 15) is 0 Å². The van der Waals surface area contributed by atoms with Crippen molar-refractivity contribution in [2.24, 2.45) is 5.92 Å². The molecule has 1 atom stereocenters. The van der Waals surface area contributed by atoms with E-state index in [2.05, 4.69) is 18.7 Å². The van der Waals surface area contributed by atoms with Crippen molar-refractivity contribution in [3.8, 4) is 11.5 Å². The lowest BCUT2D eigenvalue weighted by Gasteiger charge is -2.34. The number of nitrogens with zero attached hydrogens (tertiary/aromatic N) is 1. The second-order valence-corrected chi connectivity index (χ2v) is 5.55. The fourth-order valence-electron chi connectivity index (χ4n) is 2.46. The Morgan fingerprint density at radius 2 is 1.74 bits per heavy atom. The van der Waals surface area contributed by atoms with Gasteiger partial charge in [0.2, 0.25) is 0 Å². The van der Waals surface area contributed by atoms with Crippen LogP contribution in [0.1, 0.15) is 26.7 Å². The van der Waals surface area contributed by atoms with Gasteiger partial charge in [-0.25, -0.2) is 0 Å². The molecule has 3 nitrogen and oxygen atoms in total. The minimum atomic E-state index is 0.481. The second kappa shape index (κ2) is 6.80. The van der Waals surface area contributed by atoms with Crippen LogP contribution in [0.25, 0.3) is 0 Å². The molecule has 0 spiro atoms. The normalized spacial score (nSPS) is 19.1. The summed E-state index contributed by atoms with van der Waals surface area (Å²) in [5, 5.41) is 0. The summed E-state index contributed by atoms with van der Waals surface area (Å²) in [6.07, 6.45) is 2.62. The number of likely N-dealkylation sites (tertiary alicyclic amines) is 1. The van der Waals surface area contributed by atoms with E-state index in [0.717, 1.165) is 24.0 Å². The molecule has 1 fully saturated rings. The number of piperidine rings is 1. The zero-order valence-corrected chi connectivity index (χ0v) is 12.3. The molecular formula is C16H25NO2. The number of benzene rings is 1. The van der Waals surface area contributed by atoms with E-state index >= 15 is 0 Å². The first-order chi connectivity index (χ1) is 9.19. The highest BCUT2D eigenvalue weighted by molar-refractivity contribution is 5.31. The lowest BCUT2D eigenvalue weighted by molar-refractivity contribution is 0.108. The summed E-state index contributed by atoms with van der Waals surface area (Å²) >= 11 is 0. The van der Waals surface area contributed by atoms with Crippen LogP contribution in [0.2, 0.25) is 0 Å². The summed E-state index contributed by atoms with van der Waals surface area (Å²) < 4.78 is 11.0. The van der Waals surface area contributed by atoms with E-state index in [1.165, 1.54) is 25.9 Å². The van der Waals surface area contributed by atoms with Crippen molar-refractivity contribution < 1.29 is 9.47 Å². The van der Waals surface area contributed by atoms with E-state index in [-0.39, 0.29) is 0 Å². The van der Waals surface area contributed by atoms with Crippen molar-refractivity contribution in [3.63, 3.8) is 0 Å². The Kier molecular flexibility index (Phi) is 5.08. The molecule has 0 unspecified atom stereocenters. The smallest absolute Gasteiger partial charge is 0.119 e. The highest BCUT2D eigenvalue weighted by Crippen LogP contribution is 2.20. The van der Waals surface area contributed by atoms with E-state index in [1.54, 1.807) is 7.11 Å². The first kappa shape index (κ1) is 14.2. The fourth-order valence-corrected chi connectivity index (χ4v) is 2.46. The maximum Gasteiger partial charge on any atom is 0.119 e. The van der Waals surface area contributed by atoms with Gasteiger partial charge in [-0.05, 0) is 63.0 Å². The third-order valence-electron chi connectivity index (χ3n) is 3.99. The molecule has 0 aromatic heterocycles. The van der Waals surface area contributed by atoms with Crippen LogP contribution in [0, 0.1) is 5.92 Å². The molecule has 1 aliphatic rings. The predicted molar refractivity (Wildman–Crippen MR) is 77.9 cm³/mol.